The highest BCUT2D eigenvalue weighted by atomic mass is 79.9. The zero-order valence-electron chi connectivity index (χ0n) is 21.5. The third kappa shape index (κ3) is 5.28. The van der Waals surface area contributed by atoms with Gasteiger partial charge in [0.15, 0.2) is 17.3 Å². The zero-order chi connectivity index (χ0) is 28.5. The van der Waals surface area contributed by atoms with Crippen molar-refractivity contribution in [1.29, 1.82) is 0 Å². The van der Waals surface area contributed by atoms with Crippen LogP contribution in [0.5, 0.6) is 11.5 Å². The Hall–Kier alpha value is -4.28. The first-order valence-corrected chi connectivity index (χ1v) is 14.0. The quantitative estimate of drug-likeness (QED) is 0.160. The second kappa shape index (κ2) is 11.3. The van der Waals surface area contributed by atoms with Crippen LogP contribution in [0.4, 0.5) is 4.39 Å². The molecule has 0 aliphatic heterocycles. The Morgan fingerprint density at radius 1 is 1.00 bits per heavy atom. The first kappa shape index (κ1) is 26.9. The van der Waals surface area contributed by atoms with Gasteiger partial charge in [-0.05, 0) is 79.9 Å². The summed E-state index contributed by atoms with van der Waals surface area (Å²) in [5, 5.41) is 5.86. The first-order valence-electron chi connectivity index (χ1n) is 12.4. The van der Waals surface area contributed by atoms with E-state index in [1.165, 1.54) is 30.1 Å². The SMILES string of the molecule is COc1cc(C=Nn2c(-c3cc4ccccc4o3)nc3ccccc3c2=O)c(Br)c(Br)c1OCc1ccc(F)cc1. The Morgan fingerprint density at radius 2 is 1.76 bits per heavy atom. The summed E-state index contributed by atoms with van der Waals surface area (Å²) in [5.41, 5.74) is 2.27. The molecule has 0 unspecified atom stereocenters. The zero-order valence-corrected chi connectivity index (χ0v) is 24.6. The molecule has 6 aromatic rings. The van der Waals surface area contributed by atoms with Crippen molar-refractivity contribution in [3.63, 3.8) is 0 Å². The van der Waals surface area contributed by atoms with E-state index in [2.05, 4.69) is 37.0 Å². The molecule has 10 heteroatoms. The molecule has 41 heavy (non-hydrogen) atoms. The molecular weight excluding hydrogens is 657 g/mol. The Balaban J connectivity index is 1.42. The van der Waals surface area contributed by atoms with Gasteiger partial charge in [-0.25, -0.2) is 9.37 Å². The Labute approximate surface area is 250 Å². The Bertz CT molecular complexity index is 1970. The van der Waals surface area contributed by atoms with Crippen molar-refractivity contribution in [3.05, 3.63) is 121 Å². The van der Waals surface area contributed by atoms with E-state index in [1.54, 1.807) is 36.4 Å². The summed E-state index contributed by atoms with van der Waals surface area (Å²) < 4.78 is 33.4. The van der Waals surface area contributed by atoms with E-state index in [9.17, 15) is 9.18 Å². The summed E-state index contributed by atoms with van der Waals surface area (Å²) in [7, 11) is 1.53. The molecule has 0 saturated heterocycles. The minimum absolute atomic E-state index is 0.203. The van der Waals surface area contributed by atoms with Crippen molar-refractivity contribution in [1.82, 2.24) is 9.66 Å². The minimum Gasteiger partial charge on any atom is -0.493 e. The molecule has 4 aromatic carbocycles. The fourth-order valence-corrected chi connectivity index (χ4v) is 5.26. The van der Waals surface area contributed by atoms with Crippen molar-refractivity contribution < 1.29 is 18.3 Å². The van der Waals surface area contributed by atoms with Crippen LogP contribution in [0.3, 0.4) is 0 Å². The van der Waals surface area contributed by atoms with Crippen LogP contribution in [0.25, 0.3) is 33.5 Å². The van der Waals surface area contributed by atoms with Crippen LogP contribution >= 0.6 is 31.9 Å². The molecule has 0 amide bonds. The van der Waals surface area contributed by atoms with Gasteiger partial charge in [0.1, 0.15) is 18.0 Å². The Morgan fingerprint density at radius 3 is 2.54 bits per heavy atom. The summed E-state index contributed by atoms with van der Waals surface area (Å²) in [6.07, 6.45) is 1.53. The number of ether oxygens (including phenoxy) is 2. The van der Waals surface area contributed by atoms with Gasteiger partial charge in [0.2, 0.25) is 5.82 Å². The molecule has 0 aliphatic rings. The number of furan rings is 1. The average molecular weight is 677 g/mol. The lowest BCUT2D eigenvalue weighted by atomic mass is 10.2. The summed E-state index contributed by atoms with van der Waals surface area (Å²) in [6.45, 7) is 0.203. The number of aromatic nitrogens is 2. The maximum absolute atomic E-state index is 13.6. The molecule has 6 rings (SSSR count). The van der Waals surface area contributed by atoms with Gasteiger partial charge >= 0.3 is 0 Å². The average Bonchev–Trinajstić information content (AvgIpc) is 3.43. The number of benzene rings is 4. The number of hydrogen-bond acceptors (Lipinski definition) is 6. The molecule has 0 spiro atoms. The molecule has 0 atom stereocenters. The van der Waals surface area contributed by atoms with E-state index in [1.807, 2.05) is 36.4 Å². The molecule has 204 valence electrons. The monoisotopic (exact) mass is 675 g/mol. The second-order valence-corrected chi connectivity index (χ2v) is 10.6. The number of rotatable bonds is 7. The molecule has 0 N–H and O–H groups in total. The van der Waals surface area contributed by atoms with Crippen LogP contribution in [0.15, 0.2) is 108 Å². The lowest BCUT2D eigenvalue weighted by Gasteiger charge is -2.15. The van der Waals surface area contributed by atoms with E-state index in [-0.39, 0.29) is 23.8 Å². The molecule has 0 bridgehead atoms. The fourth-order valence-electron chi connectivity index (χ4n) is 4.32. The molecule has 0 fully saturated rings. The third-order valence-electron chi connectivity index (χ3n) is 6.38. The second-order valence-electron chi connectivity index (χ2n) is 9.00. The fraction of sp³-hybridized carbons (Fsp3) is 0.0645. The number of halogens is 3. The predicted octanol–water partition coefficient (Wildman–Crippen LogP) is 7.94. The number of para-hydroxylation sites is 2. The van der Waals surface area contributed by atoms with Gasteiger partial charge in [-0.3, -0.25) is 4.79 Å². The van der Waals surface area contributed by atoms with Crippen LogP contribution in [0.2, 0.25) is 0 Å². The number of methoxy groups -OCH3 is 1. The Kier molecular flexibility index (Phi) is 7.42. The van der Waals surface area contributed by atoms with Gasteiger partial charge in [0.05, 0.1) is 28.7 Å². The van der Waals surface area contributed by atoms with Crippen molar-refractivity contribution >= 4 is 59.9 Å². The highest BCUT2D eigenvalue weighted by Gasteiger charge is 2.19. The van der Waals surface area contributed by atoms with Gasteiger partial charge in [-0.1, -0.05) is 42.5 Å². The number of fused-ring (bicyclic) bond motifs is 2. The van der Waals surface area contributed by atoms with Crippen LogP contribution in [0.1, 0.15) is 11.1 Å². The molecule has 2 aromatic heterocycles. The normalized spacial score (nSPS) is 11.5. The lowest BCUT2D eigenvalue weighted by molar-refractivity contribution is 0.282. The smallest absolute Gasteiger partial charge is 0.282 e. The highest BCUT2D eigenvalue weighted by Crippen LogP contribution is 2.42. The van der Waals surface area contributed by atoms with Crippen molar-refractivity contribution in [2.75, 3.05) is 7.11 Å². The van der Waals surface area contributed by atoms with E-state index >= 15 is 0 Å². The third-order valence-corrected chi connectivity index (χ3v) is 8.53. The summed E-state index contributed by atoms with van der Waals surface area (Å²) in [5.74, 6) is 1.25. The van der Waals surface area contributed by atoms with Crippen molar-refractivity contribution in [2.24, 2.45) is 5.10 Å². The molecule has 0 aliphatic carbocycles. The molecule has 0 saturated carbocycles. The van der Waals surface area contributed by atoms with Crippen LogP contribution < -0.4 is 15.0 Å². The van der Waals surface area contributed by atoms with Gasteiger partial charge in [-0.2, -0.15) is 9.78 Å². The molecular formula is C31H20Br2FN3O4. The molecule has 2 heterocycles. The standard InChI is InChI=1S/C31H20Br2FN3O4/c1-39-25-15-20(27(32)28(33)29(25)40-17-18-10-12-21(34)13-11-18)16-35-37-30(26-14-19-6-2-5-9-24(19)41-26)36-23-8-4-3-7-22(23)31(37)38/h2-16H,17H2,1H3. The van der Waals surface area contributed by atoms with Crippen LogP contribution in [-0.2, 0) is 6.61 Å². The summed E-state index contributed by atoms with van der Waals surface area (Å²) >= 11 is 7.19. The maximum atomic E-state index is 13.6. The van der Waals surface area contributed by atoms with E-state index in [4.69, 9.17) is 18.9 Å². The largest absolute Gasteiger partial charge is 0.493 e. The molecule has 7 nitrogen and oxygen atoms in total. The summed E-state index contributed by atoms with van der Waals surface area (Å²) in [4.78, 5) is 18.3. The van der Waals surface area contributed by atoms with Gasteiger partial charge < -0.3 is 13.9 Å². The first-order chi connectivity index (χ1) is 19.9. The van der Waals surface area contributed by atoms with Gasteiger partial charge in [0, 0.05) is 15.4 Å². The van der Waals surface area contributed by atoms with Crippen molar-refractivity contribution in [2.45, 2.75) is 6.61 Å². The number of hydrogen-bond donors (Lipinski definition) is 0. The van der Waals surface area contributed by atoms with Gasteiger partial charge in [-0.15, -0.1) is 0 Å². The molecule has 0 radical (unpaired) electrons. The lowest BCUT2D eigenvalue weighted by Crippen LogP contribution is -2.20. The number of nitrogens with zero attached hydrogens (tertiary/aromatic N) is 3. The van der Waals surface area contributed by atoms with Crippen LogP contribution in [-0.4, -0.2) is 23.0 Å². The van der Waals surface area contributed by atoms with E-state index in [0.717, 1.165) is 10.9 Å². The maximum Gasteiger partial charge on any atom is 0.282 e. The van der Waals surface area contributed by atoms with E-state index in [0.29, 0.717) is 48.3 Å². The van der Waals surface area contributed by atoms with Crippen LogP contribution in [0, 0.1) is 5.82 Å². The van der Waals surface area contributed by atoms with E-state index < -0.39 is 0 Å². The summed E-state index contributed by atoms with van der Waals surface area (Å²) in [6, 6.07) is 24.3. The minimum atomic E-state index is -0.344. The predicted molar refractivity (Wildman–Crippen MR) is 163 cm³/mol. The van der Waals surface area contributed by atoms with Gasteiger partial charge in [0.25, 0.3) is 5.56 Å². The highest BCUT2D eigenvalue weighted by molar-refractivity contribution is 9.13. The van der Waals surface area contributed by atoms with Crippen molar-refractivity contribution in [3.8, 4) is 23.1 Å². The topological polar surface area (TPSA) is 78.9 Å².